The average Bonchev–Trinajstić information content (AvgIpc) is 2.52. The smallest absolute Gasteiger partial charge is 0.334 e. The van der Waals surface area contributed by atoms with Crippen molar-refractivity contribution in [3.8, 4) is 0 Å². The van der Waals surface area contributed by atoms with Gasteiger partial charge in [-0.05, 0) is 12.0 Å². The van der Waals surface area contributed by atoms with Gasteiger partial charge in [-0.1, -0.05) is 42.5 Å². The van der Waals surface area contributed by atoms with E-state index in [1.807, 2.05) is 42.5 Å². The highest BCUT2D eigenvalue weighted by Crippen LogP contribution is 2.09. The fourth-order valence-corrected chi connectivity index (χ4v) is 2.17. The molecule has 2 rings (SSSR count). The molecular weight excluding hydrogens is 270 g/mol. The number of rotatable bonds is 5. The van der Waals surface area contributed by atoms with Crippen LogP contribution < -0.4 is 0 Å². The number of ether oxygens (including phenoxy) is 1. The van der Waals surface area contributed by atoms with Crippen LogP contribution in [0.15, 0.2) is 36.4 Å². The normalized spacial score (nSPS) is 18.9. The number of hydrogen-bond donors (Lipinski definition) is 1. The van der Waals surface area contributed by atoms with E-state index in [1.165, 1.54) is 0 Å². The van der Waals surface area contributed by atoms with E-state index in [0.717, 1.165) is 5.56 Å². The lowest BCUT2D eigenvalue weighted by molar-refractivity contribution is -0.159. The maximum Gasteiger partial charge on any atom is 0.334 e. The zero-order chi connectivity index (χ0) is 15.1. The first kappa shape index (κ1) is 15.3. The SMILES string of the molecule is O=C(O)C1CN(C(=O)CCC=Cc2ccccc2)CCO1. The molecule has 5 heteroatoms. The van der Waals surface area contributed by atoms with Gasteiger partial charge in [0.05, 0.1) is 13.2 Å². The molecule has 0 radical (unpaired) electrons. The molecule has 5 nitrogen and oxygen atoms in total. The summed E-state index contributed by atoms with van der Waals surface area (Å²) in [7, 11) is 0. The molecule has 1 aliphatic heterocycles. The van der Waals surface area contributed by atoms with Crippen molar-refractivity contribution in [3.63, 3.8) is 0 Å². The number of amides is 1. The second-order valence-corrected chi connectivity index (χ2v) is 4.89. The van der Waals surface area contributed by atoms with E-state index in [0.29, 0.717) is 19.4 Å². The maximum atomic E-state index is 12.0. The van der Waals surface area contributed by atoms with E-state index >= 15 is 0 Å². The quantitative estimate of drug-likeness (QED) is 0.897. The number of carbonyl (C=O) groups is 2. The Hall–Kier alpha value is -2.14. The molecule has 1 unspecified atom stereocenters. The second kappa shape index (κ2) is 7.59. The lowest BCUT2D eigenvalue weighted by Gasteiger charge is -2.30. The lowest BCUT2D eigenvalue weighted by atomic mass is 10.1. The average molecular weight is 289 g/mol. The molecule has 0 bridgehead atoms. The van der Waals surface area contributed by atoms with E-state index in [-0.39, 0.29) is 19.1 Å². The number of carbonyl (C=O) groups excluding carboxylic acids is 1. The molecule has 0 aliphatic carbocycles. The number of aliphatic carboxylic acids is 1. The van der Waals surface area contributed by atoms with Crippen LogP contribution >= 0.6 is 0 Å². The van der Waals surface area contributed by atoms with Crippen molar-refractivity contribution >= 4 is 18.0 Å². The zero-order valence-electron chi connectivity index (χ0n) is 11.8. The van der Waals surface area contributed by atoms with Crippen molar-refractivity contribution in [1.29, 1.82) is 0 Å². The number of nitrogens with zero attached hydrogens (tertiary/aromatic N) is 1. The summed E-state index contributed by atoms with van der Waals surface area (Å²) < 4.78 is 5.10. The van der Waals surface area contributed by atoms with Crippen LogP contribution in [0.1, 0.15) is 18.4 Å². The predicted octanol–water partition coefficient (Wildman–Crippen LogP) is 1.79. The second-order valence-electron chi connectivity index (χ2n) is 4.89. The van der Waals surface area contributed by atoms with Gasteiger partial charge in [-0.25, -0.2) is 4.79 Å². The highest BCUT2D eigenvalue weighted by atomic mass is 16.5. The van der Waals surface area contributed by atoms with Crippen molar-refractivity contribution < 1.29 is 19.4 Å². The summed E-state index contributed by atoms with van der Waals surface area (Å²) in [6, 6.07) is 9.88. The third-order valence-corrected chi connectivity index (χ3v) is 3.33. The zero-order valence-corrected chi connectivity index (χ0v) is 11.8. The Morgan fingerprint density at radius 1 is 1.33 bits per heavy atom. The van der Waals surface area contributed by atoms with Crippen molar-refractivity contribution in [2.75, 3.05) is 19.7 Å². The van der Waals surface area contributed by atoms with Crippen LogP contribution in [0.2, 0.25) is 0 Å². The molecule has 112 valence electrons. The molecule has 1 atom stereocenters. The molecule has 0 saturated carbocycles. The Bertz CT molecular complexity index is 512. The summed E-state index contributed by atoms with van der Waals surface area (Å²) in [5, 5.41) is 8.90. The van der Waals surface area contributed by atoms with Gasteiger partial charge in [0.15, 0.2) is 6.10 Å². The fraction of sp³-hybridized carbons (Fsp3) is 0.375. The van der Waals surface area contributed by atoms with Gasteiger partial charge in [0.1, 0.15) is 0 Å². The van der Waals surface area contributed by atoms with Gasteiger partial charge < -0.3 is 14.7 Å². The lowest BCUT2D eigenvalue weighted by Crippen LogP contribution is -2.48. The van der Waals surface area contributed by atoms with Crippen molar-refractivity contribution in [2.24, 2.45) is 0 Å². The molecule has 1 aromatic rings. The van der Waals surface area contributed by atoms with Crippen LogP contribution in [0.3, 0.4) is 0 Å². The Morgan fingerprint density at radius 2 is 2.10 bits per heavy atom. The molecule has 1 heterocycles. The largest absolute Gasteiger partial charge is 0.479 e. The molecule has 21 heavy (non-hydrogen) atoms. The number of hydrogen-bond acceptors (Lipinski definition) is 3. The van der Waals surface area contributed by atoms with Gasteiger partial charge in [0.25, 0.3) is 0 Å². The molecule has 1 aliphatic rings. The minimum Gasteiger partial charge on any atom is -0.479 e. The van der Waals surface area contributed by atoms with Gasteiger partial charge >= 0.3 is 5.97 Å². The van der Waals surface area contributed by atoms with Crippen LogP contribution in [-0.2, 0) is 14.3 Å². The summed E-state index contributed by atoms with van der Waals surface area (Å²) in [6.45, 7) is 0.879. The minimum absolute atomic E-state index is 0.0257. The van der Waals surface area contributed by atoms with E-state index in [2.05, 4.69) is 0 Å². The van der Waals surface area contributed by atoms with E-state index in [9.17, 15) is 9.59 Å². The van der Waals surface area contributed by atoms with Crippen LogP contribution in [0.5, 0.6) is 0 Å². The first-order valence-corrected chi connectivity index (χ1v) is 7.00. The fourth-order valence-electron chi connectivity index (χ4n) is 2.17. The summed E-state index contributed by atoms with van der Waals surface area (Å²) in [4.78, 5) is 24.5. The minimum atomic E-state index is -1.02. The number of benzene rings is 1. The highest BCUT2D eigenvalue weighted by molar-refractivity contribution is 5.78. The van der Waals surface area contributed by atoms with Crippen molar-refractivity contribution in [1.82, 2.24) is 4.90 Å². The van der Waals surface area contributed by atoms with Crippen LogP contribution in [0.4, 0.5) is 0 Å². The Labute approximate surface area is 123 Å². The van der Waals surface area contributed by atoms with Gasteiger partial charge in [0, 0.05) is 13.0 Å². The summed E-state index contributed by atoms with van der Waals surface area (Å²) in [6.07, 6.45) is 4.07. The molecule has 1 aromatic carbocycles. The molecule has 1 amide bonds. The molecular formula is C16H19NO4. The summed E-state index contributed by atoms with van der Waals surface area (Å²) >= 11 is 0. The van der Waals surface area contributed by atoms with Gasteiger partial charge in [-0.3, -0.25) is 4.79 Å². The van der Waals surface area contributed by atoms with Crippen molar-refractivity contribution in [3.05, 3.63) is 42.0 Å². The third kappa shape index (κ3) is 4.72. The molecule has 1 saturated heterocycles. The Kier molecular flexibility index (Phi) is 5.51. The maximum absolute atomic E-state index is 12.0. The van der Waals surface area contributed by atoms with Crippen LogP contribution in [0.25, 0.3) is 6.08 Å². The number of carboxylic acids is 1. The van der Waals surface area contributed by atoms with Gasteiger partial charge in [0.2, 0.25) is 5.91 Å². The summed E-state index contributed by atoms with van der Waals surface area (Å²) in [5.74, 6) is -1.04. The standard InChI is InChI=1S/C16H19NO4/c18-15(17-10-11-21-14(12-17)16(19)20)9-5-4-8-13-6-2-1-3-7-13/h1-4,6-8,14H,5,9-12H2,(H,19,20). The van der Waals surface area contributed by atoms with E-state index < -0.39 is 12.1 Å². The van der Waals surface area contributed by atoms with Gasteiger partial charge in [-0.2, -0.15) is 0 Å². The number of allylic oxidation sites excluding steroid dienone is 1. The van der Waals surface area contributed by atoms with E-state index in [4.69, 9.17) is 9.84 Å². The first-order chi connectivity index (χ1) is 10.2. The third-order valence-electron chi connectivity index (χ3n) is 3.33. The first-order valence-electron chi connectivity index (χ1n) is 7.00. The molecule has 0 spiro atoms. The number of morpholine rings is 1. The highest BCUT2D eigenvalue weighted by Gasteiger charge is 2.28. The topological polar surface area (TPSA) is 66.8 Å². The van der Waals surface area contributed by atoms with Gasteiger partial charge in [-0.15, -0.1) is 0 Å². The van der Waals surface area contributed by atoms with Crippen molar-refractivity contribution in [2.45, 2.75) is 18.9 Å². The van der Waals surface area contributed by atoms with Crippen LogP contribution in [0, 0.1) is 0 Å². The molecule has 1 fully saturated rings. The predicted molar refractivity (Wildman–Crippen MR) is 78.7 cm³/mol. The molecule has 0 aromatic heterocycles. The monoisotopic (exact) mass is 289 g/mol. The Balaban J connectivity index is 1.77. The Morgan fingerprint density at radius 3 is 2.81 bits per heavy atom. The van der Waals surface area contributed by atoms with E-state index in [1.54, 1.807) is 4.90 Å². The number of carboxylic acid groups (broad SMARTS) is 1. The summed E-state index contributed by atoms with van der Waals surface area (Å²) in [5.41, 5.74) is 1.10. The molecule has 1 N–H and O–H groups in total. The van der Waals surface area contributed by atoms with Crippen LogP contribution in [-0.4, -0.2) is 47.7 Å².